The molecule has 0 aromatic rings. The van der Waals surface area contributed by atoms with E-state index < -0.39 is 108 Å². The molecule has 1 heterocycles. The first-order valence-corrected chi connectivity index (χ1v) is 27.1. The summed E-state index contributed by atoms with van der Waals surface area (Å²) in [5.74, 6) is -3.72. The molecule has 448 valence electrons. The van der Waals surface area contributed by atoms with Crippen molar-refractivity contribution < 1.29 is 89.1 Å². The topological polar surface area (TPSA) is 644 Å². The molecule has 0 aromatic heterocycles. The molecule has 0 bridgehead atoms. The van der Waals surface area contributed by atoms with Crippen LogP contribution in [0.4, 0.5) is 9.59 Å². The van der Waals surface area contributed by atoms with Gasteiger partial charge in [0.2, 0.25) is 0 Å². The number of thiol groups is 1. The molecule has 1 fully saturated rings. The van der Waals surface area contributed by atoms with E-state index in [1.165, 1.54) is 0 Å². The van der Waals surface area contributed by atoms with E-state index in [4.69, 9.17) is 98.2 Å². The van der Waals surface area contributed by atoms with Crippen molar-refractivity contribution >= 4 is 87.4 Å². The van der Waals surface area contributed by atoms with Crippen LogP contribution < -0.4 is 73.3 Å². The molecule has 34 heteroatoms. The molecule has 1 rings (SSSR count). The van der Waals surface area contributed by atoms with E-state index in [0.717, 1.165) is 11.7 Å². The average Bonchev–Trinajstić information content (AvgIpc) is 3.76. The van der Waals surface area contributed by atoms with Crippen LogP contribution in [0.25, 0.3) is 0 Å². The SMILES string of the molecule is CC(C)C[C@H](N)[C@@H](O)CC(=O)O.C[Se]CC[C@H](N)C(=O)O.NC(=O)NCCCC(N)C(=O)O.NC(=O)NCCCCC(N)C(=O)O.NC(CCS)C(=O)O.NC(N)=NCCCCC(N)C(=O)O.O=C(O)C1CC(O)CN1. The van der Waals surface area contributed by atoms with Gasteiger partial charge < -0.3 is 108 Å². The molecule has 1 aliphatic rings. The van der Waals surface area contributed by atoms with Gasteiger partial charge in [-0.2, -0.15) is 12.6 Å². The smallest absolute Gasteiger partial charge is 0.320 e. The Morgan fingerprint density at radius 2 is 1.03 bits per heavy atom. The first kappa shape index (κ1) is 82.0. The maximum atomic E-state index is 10.3. The average molecular weight is 1190 g/mol. The van der Waals surface area contributed by atoms with Crippen LogP contribution in [0.15, 0.2) is 4.99 Å². The number of hydrogen-bond acceptors (Lipinski definition) is 20. The number of primary amides is 2. The molecule has 0 spiro atoms. The summed E-state index contributed by atoms with van der Waals surface area (Å²) in [5, 5.41) is 84.8. The third-order valence-electron chi connectivity index (χ3n) is 9.14. The van der Waals surface area contributed by atoms with Crippen molar-refractivity contribution in [2.45, 2.75) is 163 Å². The summed E-state index contributed by atoms with van der Waals surface area (Å²) < 4.78 is 0. The predicted octanol–water partition coefficient (Wildman–Crippen LogP) is -4.41. The zero-order chi connectivity index (χ0) is 60.5. The number of β-amino-alcohol motifs (C(OH)–C–C–N with tert-alkyl or cyclic N) is 1. The number of aliphatic hydroxyl groups is 2. The molecule has 32 nitrogen and oxygen atoms in total. The zero-order valence-electron chi connectivity index (χ0n) is 43.5. The van der Waals surface area contributed by atoms with Gasteiger partial charge in [-0.3, -0.25) is 33.8 Å². The van der Waals surface area contributed by atoms with E-state index in [-0.39, 0.29) is 12.4 Å². The number of unbranched alkanes of at least 4 members (excludes halogenated alkanes) is 2. The Bertz CT molecular complexity index is 1650. The number of rotatable bonds is 30. The third-order valence-corrected chi connectivity index (χ3v) is 10.7. The fourth-order valence-corrected chi connectivity index (χ4v) is 6.16. The minimum absolute atomic E-state index is 0.0579. The van der Waals surface area contributed by atoms with E-state index in [1.807, 2.05) is 13.8 Å². The van der Waals surface area contributed by atoms with Crippen molar-refractivity contribution in [3.8, 4) is 0 Å². The Morgan fingerprint density at radius 1 is 0.632 bits per heavy atom. The molecule has 32 N–H and O–H groups in total. The minimum atomic E-state index is -1.03. The van der Waals surface area contributed by atoms with Crippen molar-refractivity contribution in [3.05, 3.63) is 0 Å². The van der Waals surface area contributed by atoms with Crippen molar-refractivity contribution in [1.29, 1.82) is 0 Å². The quantitative estimate of drug-likeness (QED) is 0.0106. The van der Waals surface area contributed by atoms with Gasteiger partial charge in [0.05, 0.1) is 18.6 Å². The van der Waals surface area contributed by atoms with Crippen molar-refractivity contribution in [2.75, 3.05) is 31.9 Å². The Labute approximate surface area is 454 Å². The molecular weight excluding hydrogens is 1100 g/mol. The van der Waals surface area contributed by atoms with Crippen LogP contribution in [-0.2, 0) is 33.6 Å². The number of carboxylic acid groups (broad SMARTS) is 7. The molecule has 9 atom stereocenters. The van der Waals surface area contributed by atoms with E-state index in [9.17, 15) is 48.3 Å². The summed E-state index contributed by atoms with van der Waals surface area (Å²) in [6.07, 6.45) is 4.86. The number of aliphatic carboxylic acids is 7. The molecule has 0 saturated carbocycles. The van der Waals surface area contributed by atoms with Crippen LogP contribution in [0.3, 0.4) is 0 Å². The third kappa shape index (κ3) is 64.7. The first-order valence-electron chi connectivity index (χ1n) is 23.5. The van der Waals surface area contributed by atoms with Gasteiger partial charge in [-0.25, -0.2) is 9.59 Å². The first-order chi connectivity index (χ1) is 35.1. The van der Waals surface area contributed by atoms with Crippen LogP contribution >= 0.6 is 12.6 Å². The standard InChI is InChI=1S/C8H17NO3.C7H16N4O2.C7H15N3O3.C6H13N3O3.C5H9NO3.C5H11NO2Se.C4H9NO2S/c1-5(2)3-6(9)7(10)4-8(11)12;8-5(6(12)13)3-1-2-4-11-7(9)10;8-5(6(11)12)3-1-2-4-10-7(9)13;7-4(5(10)11)2-1-3-9-6(8)12;7-3-1-4(5(8)9)6-2-3;1-9-3-2-4(6)5(7)8;5-3(1-2-8)4(6)7/h5-7,10H,3-4,9H2,1-2H3,(H,11,12);5H,1-4,8H2,(H,12,13)(H4,9,10,11);5H,1-4,8H2,(H,11,12)(H3,9,10,13);4H,1-3,7H2,(H,10,11)(H3,8,9,12);3-4,6-7H,1-2H2,(H,8,9);4H,2-3,6H2,1H3,(H,7,8);3,8H,1-2,5H2,(H,6,7)/t6-,7-;;;;;4-;/m0....0./s1. The number of hydrogen-bond donors (Lipinski definition) is 23. The number of urea groups is 2. The molecule has 0 aromatic carbocycles. The summed E-state index contributed by atoms with van der Waals surface area (Å²) in [7, 11) is 0. The van der Waals surface area contributed by atoms with Gasteiger partial charge in [0, 0.05) is 38.6 Å². The van der Waals surface area contributed by atoms with Crippen molar-refractivity contribution in [3.63, 3.8) is 0 Å². The van der Waals surface area contributed by atoms with E-state index in [1.54, 1.807) is 0 Å². The molecule has 76 heavy (non-hydrogen) atoms. The number of carbonyl (C=O) groups is 9. The van der Waals surface area contributed by atoms with E-state index >= 15 is 0 Å². The molecule has 1 saturated heterocycles. The molecule has 1 aliphatic heterocycles. The summed E-state index contributed by atoms with van der Waals surface area (Å²) in [4.78, 5) is 95.2. The normalized spacial score (nSPS) is 15.6. The molecule has 0 aliphatic carbocycles. The van der Waals surface area contributed by atoms with Gasteiger partial charge in [0.25, 0.3) is 0 Å². The number of nitrogens with zero attached hydrogens (tertiary/aromatic N) is 1. The zero-order valence-corrected chi connectivity index (χ0v) is 46.1. The Balaban J connectivity index is -0.000000189. The number of aliphatic hydroxyl groups excluding tert-OH is 2. The van der Waals surface area contributed by atoms with Crippen molar-refractivity contribution in [1.82, 2.24) is 16.0 Å². The van der Waals surface area contributed by atoms with Crippen LogP contribution in [0, 0.1) is 5.92 Å². The van der Waals surface area contributed by atoms with Gasteiger partial charge in [0.15, 0.2) is 5.96 Å². The number of carboxylic acids is 7. The number of nitrogens with one attached hydrogen (secondary N) is 3. The Kier molecular flexibility index (Phi) is 57.2. The number of carbonyl (C=O) groups excluding carboxylic acids is 2. The Morgan fingerprint density at radius 3 is 1.33 bits per heavy atom. The van der Waals surface area contributed by atoms with Gasteiger partial charge in [-0.1, -0.05) is 13.8 Å². The van der Waals surface area contributed by atoms with Crippen LogP contribution in [0.1, 0.15) is 97.3 Å². The molecular formula is C42H90N14O18SSe. The number of aliphatic imine (C=N–C) groups is 1. The monoisotopic (exact) mass is 1190 g/mol. The number of guanidine groups is 1. The second-order valence-electron chi connectivity index (χ2n) is 16.7. The van der Waals surface area contributed by atoms with Gasteiger partial charge in [-0.15, -0.1) is 0 Å². The Hall–Kier alpha value is -5.39. The predicted molar refractivity (Wildman–Crippen MR) is 286 cm³/mol. The summed E-state index contributed by atoms with van der Waals surface area (Å²) in [5.41, 5.74) is 51.3. The van der Waals surface area contributed by atoms with Gasteiger partial charge in [-0.05, 0) is 75.9 Å². The fraction of sp³-hybridized carbons (Fsp3) is 0.762. The molecule has 4 amide bonds. The van der Waals surface area contributed by atoms with E-state index in [0.29, 0.717) is 123 Å². The number of nitrogens with two attached hydrogens (primary N) is 10. The van der Waals surface area contributed by atoms with Gasteiger partial charge in [0.1, 0.15) is 30.2 Å². The summed E-state index contributed by atoms with van der Waals surface area (Å²) >= 11 is 4.36. The molecule has 0 radical (unpaired) electrons. The minimum Gasteiger partial charge on any atom is -0.480 e. The second kappa shape index (κ2) is 53.0. The van der Waals surface area contributed by atoms with Crippen LogP contribution in [0.2, 0.25) is 11.1 Å². The van der Waals surface area contributed by atoms with Crippen molar-refractivity contribution in [2.24, 2.45) is 68.2 Å². The second-order valence-corrected chi connectivity index (χ2v) is 19.2. The maximum absolute atomic E-state index is 10.3. The largest absolute Gasteiger partial charge is 0.480 e. The van der Waals surface area contributed by atoms with Crippen LogP contribution in [-0.4, -0.2) is 207 Å². The molecule has 6 unspecified atom stereocenters. The fourth-order valence-electron chi connectivity index (χ4n) is 4.86. The van der Waals surface area contributed by atoms with Gasteiger partial charge >= 0.3 is 108 Å². The van der Waals surface area contributed by atoms with Crippen LogP contribution in [0.5, 0.6) is 0 Å². The number of amides is 4. The summed E-state index contributed by atoms with van der Waals surface area (Å²) in [6, 6.07) is -5.99. The summed E-state index contributed by atoms with van der Waals surface area (Å²) in [6.45, 7) is 5.70. The van der Waals surface area contributed by atoms with E-state index in [2.05, 4.69) is 39.4 Å². The maximum Gasteiger partial charge on any atom is 0.320 e.